The molecule has 1 saturated heterocycles. The second kappa shape index (κ2) is 9.42. The summed E-state index contributed by atoms with van der Waals surface area (Å²) in [7, 11) is 0. The summed E-state index contributed by atoms with van der Waals surface area (Å²) >= 11 is 0. The van der Waals surface area contributed by atoms with E-state index in [1.807, 2.05) is 50.2 Å². The number of hydrogen-bond acceptors (Lipinski definition) is 6. The molecule has 0 saturated carbocycles. The van der Waals surface area contributed by atoms with E-state index in [9.17, 15) is 9.90 Å². The molecular weight excluding hydrogens is 414 g/mol. The Balaban J connectivity index is 1.64. The van der Waals surface area contributed by atoms with Crippen molar-refractivity contribution >= 4 is 23.3 Å². The van der Waals surface area contributed by atoms with Crippen LogP contribution in [0, 0.1) is 12.3 Å². The molecule has 2 heterocycles. The van der Waals surface area contributed by atoms with Crippen molar-refractivity contribution in [3.05, 3.63) is 88.4 Å². The van der Waals surface area contributed by atoms with Crippen molar-refractivity contribution in [2.75, 3.05) is 23.3 Å². The van der Waals surface area contributed by atoms with Crippen LogP contribution in [-0.4, -0.2) is 39.8 Å². The smallest absolute Gasteiger partial charge is 0.209 e. The number of aromatic nitrogens is 2. The highest BCUT2D eigenvalue weighted by atomic mass is 16.3. The van der Waals surface area contributed by atoms with E-state index >= 15 is 0 Å². The van der Waals surface area contributed by atoms with E-state index in [0.29, 0.717) is 5.70 Å². The van der Waals surface area contributed by atoms with Crippen LogP contribution < -0.4 is 15.6 Å². The van der Waals surface area contributed by atoms with Gasteiger partial charge in [0.2, 0.25) is 5.43 Å². The summed E-state index contributed by atoms with van der Waals surface area (Å²) in [5, 5.41) is 25.5. The summed E-state index contributed by atoms with van der Waals surface area (Å²) in [6.45, 7) is 5.55. The summed E-state index contributed by atoms with van der Waals surface area (Å²) in [6, 6.07) is 17.2. The molecule has 1 aliphatic rings. The molecule has 0 radical (unpaired) electrons. The molecule has 0 bridgehead atoms. The molecule has 2 aromatic carbocycles. The Bertz CT molecular complexity index is 1220. The summed E-state index contributed by atoms with van der Waals surface area (Å²) in [4.78, 5) is 14.9. The van der Waals surface area contributed by atoms with Gasteiger partial charge in [0.1, 0.15) is 0 Å². The van der Waals surface area contributed by atoms with Gasteiger partial charge in [-0.2, -0.15) is 5.10 Å². The molecule has 0 atom stereocenters. The summed E-state index contributed by atoms with van der Waals surface area (Å²) < 4.78 is 1.70. The van der Waals surface area contributed by atoms with Crippen LogP contribution in [0.1, 0.15) is 31.0 Å². The van der Waals surface area contributed by atoms with Crippen LogP contribution in [0.4, 0.5) is 11.4 Å². The van der Waals surface area contributed by atoms with E-state index in [4.69, 9.17) is 5.41 Å². The lowest BCUT2D eigenvalue weighted by Crippen LogP contribution is -2.42. The number of para-hydroxylation sites is 1. The Kier molecular flexibility index (Phi) is 6.42. The summed E-state index contributed by atoms with van der Waals surface area (Å²) in [5.74, 6) is 0. The predicted molar refractivity (Wildman–Crippen MR) is 133 cm³/mol. The third-order valence-corrected chi connectivity index (χ3v) is 6.00. The average Bonchev–Trinajstić information content (AvgIpc) is 2.80. The van der Waals surface area contributed by atoms with E-state index in [1.165, 1.54) is 12.1 Å². The standard InChI is InChI=1S/C26H29N5O2/c1-19-18-21(30-16-12-26(2,33)13-17-30)8-9-23(19)31-15-11-24(32)25(29-31)22(10-14-27)28-20-6-4-3-5-7-20/h3-11,14-15,18,27-28,33H,12-13,16-17H2,1-2H3/b22-10-,27-14?. The number of anilines is 2. The van der Waals surface area contributed by atoms with Crippen molar-refractivity contribution < 1.29 is 5.11 Å². The molecule has 1 aromatic heterocycles. The topological polar surface area (TPSA) is 94.2 Å². The fraction of sp³-hybridized carbons (Fsp3) is 0.269. The van der Waals surface area contributed by atoms with Gasteiger partial charge < -0.3 is 20.7 Å². The number of allylic oxidation sites excluding steroid dienone is 1. The van der Waals surface area contributed by atoms with Gasteiger partial charge in [-0.05, 0) is 68.7 Å². The molecule has 0 amide bonds. The maximum absolute atomic E-state index is 12.6. The van der Waals surface area contributed by atoms with Gasteiger partial charge in [-0.15, -0.1) is 0 Å². The molecule has 33 heavy (non-hydrogen) atoms. The lowest BCUT2D eigenvalue weighted by molar-refractivity contribution is 0.0351. The van der Waals surface area contributed by atoms with Crippen LogP contribution in [0.2, 0.25) is 0 Å². The molecular formula is C26H29N5O2. The predicted octanol–water partition coefficient (Wildman–Crippen LogP) is 3.99. The van der Waals surface area contributed by atoms with Crippen LogP contribution in [0.15, 0.2) is 71.7 Å². The van der Waals surface area contributed by atoms with Crippen LogP contribution in [0.25, 0.3) is 11.4 Å². The van der Waals surface area contributed by atoms with Crippen molar-refractivity contribution in [3.63, 3.8) is 0 Å². The average molecular weight is 444 g/mol. The second-order valence-corrected chi connectivity index (χ2v) is 8.67. The highest BCUT2D eigenvalue weighted by molar-refractivity contribution is 5.86. The van der Waals surface area contributed by atoms with Crippen molar-refractivity contribution in [3.8, 4) is 5.69 Å². The molecule has 7 nitrogen and oxygen atoms in total. The third kappa shape index (κ3) is 5.21. The number of nitrogens with zero attached hydrogens (tertiary/aromatic N) is 3. The van der Waals surface area contributed by atoms with Crippen molar-refractivity contribution in [1.29, 1.82) is 5.41 Å². The normalized spacial score (nSPS) is 15.8. The Labute approximate surface area is 193 Å². The minimum atomic E-state index is -0.586. The number of hydrogen-bond donors (Lipinski definition) is 3. The molecule has 3 aromatic rings. The van der Waals surface area contributed by atoms with Crippen LogP contribution in [0.3, 0.4) is 0 Å². The molecule has 0 unspecified atom stereocenters. The SMILES string of the molecule is Cc1cc(N2CCC(C)(O)CC2)ccc1-n1ccc(=O)c(/C(=C/C=N)Nc2ccccc2)n1. The lowest BCUT2D eigenvalue weighted by Gasteiger charge is -2.37. The number of aryl methyl sites for hydroxylation is 1. The molecule has 1 fully saturated rings. The van der Waals surface area contributed by atoms with E-state index in [0.717, 1.165) is 54.8 Å². The molecule has 0 spiro atoms. The van der Waals surface area contributed by atoms with E-state index < -0.39 is 5.60 Å². The number of benzene rings is 2. The monoisotopic (exact) mass is 443 g/mol. The van der Waals surface area contributed by atoms with Crippen LogP contribution in [-0.2, 0) is 0 Å². The number of rotatable bonds is 6. The van der Waals surface area contributed by atoms with E-state index in [-0.39, 0.29) is 11.1 Å². The first-order chi connectivity index (χ1) is 15.9. The zero-order valence-electron chi connectivity index (χ0n) is 19.0. The Morgan fingerprint density at radius 3 is 2.55 bits per heavy atom. The lowest BCUT2D eigenvalue weighted by atomic mass is 9.93. The molecule has 1 aliphatic heterocycles. The van der Waals surface area contributed by atoms with Crippen molar-refractivity contribution in [2.24, 2.45) is 0 Å². The maximum Gasteiger partial charge on any atom is 0.209 e. The van der Waals surface area contributed by atoms with Gasteiger partial charge in [-0.25, -0.2) is 4.68 Å². The summed E-state index contributed by atoms with van der Waals surface area (Å²) in [6.07, 6.45) is 5.82. The quantitative estimate of drug-likeness (QED) is 0.501. The van der Waals surface area contributed by atoms with Crippen molar-refractivity contribution in [1.82, 2.24) is 9.78 Å². The minimum absolute atomic E-state index is 0.225. The number of piperidine rings is 1. The third-order valence-electron chi connectivity index (χ3n) is 6.00. The first-order valence-electron chi connectivity index (χ1n) is 11.1. The number of aliphatic hydroxyl groups is 1. The minimum Gasteiger partial charge on any atom is -0.390 e. The Morgan fingerprint density at radius 1 is 1.15 bits per heavy atom. The van der Waals surface area contributed by atoms with Gasteiger partial charge in [-0.1, -0.05) is 18.2 Å². The van der Waals surface area contributed by atoms with Gasteiger partial charge in [0.15, 0.2) is 5.69 Å². The van der Waals surface area contributed by atoms with Crippen LogP contribution >= 0.6 is 0 Å². The fourth-order valence-electron chi connectivity index (χ4n) is 4.01. The largest absolute Gasteiger partial charge is 0.390 e. The van der Waals surface area contributed by atoms with Gasteiger partial charge in [0.05, 0.1) is 17.0 Å². The Hall–Kier alpha value is -3.71. The van der Waals surface area contributed by atoms with E-state index in [1.54, 1.807) is 10.9 Å². The highest BCUT2D eigenvalue weighted by Gasteiger charge is 2.27. The molecule has 170 valence electrons. The van der Waals surface area contributed by atoms with Crippen molar-refractivity contribution in [2.45, 2.75) is 32.3 Å². The second-order valence-electron chi connectivity index (χ2n) is 8.67. The maximum atomic E-state index is 12.6. The zero-order valence-corrected chi connectivity index (χ0v) is 19.0. The first-order valence-corrected chi connectivity index (χ1v) is 11.1. The molecule has 3 N–H and O–H groups in total. The van der Waals surface area contributed by atoms with Gasteiger partial charge >= 0.3 is 0 Å². The van der Waals surface area contributed by atoms with Gasteiger partial charge in [-0.3, -0.25) is 4.79 Å². The Morgan fingerprint density at radius 2 is 1.88 bits per heavy atom. The molecule has 0 aliphatic carbocycles. The summed E-state index contributed by atoms with van der Waals surface area (Å²) in [5.41, 5.74) is 3.72. The number of nitrogens with one attached hydrogen (secondary N) is 2. The van der Waals surface area contributed by atoms with Crippen LogP contribution in [0.5, 0.6) is 0 Å². The van der Waals surface area contributed by atoms with Gasteiger partial charge in [0.25, 0.3) is 0 Å². The first kappa shape index (κ1) is 22.5. The fourth-order valence-corrected chi connectivity index (χ4v) is 4.01. The molecule has 7 heteroatoms. The zero-order chi connectivity index (χ0) is 23.4. The highest BCUT2D eigenvalue weighted by Crippen LogP contribution is 2.28. The van der Waals surface area contributed by atoms with E-state index in [2.05, 4.69) is 27.4 Å². The molecule has 4 rings (SSSR count). The van der Waals surface area contributed by atoms with Gasteiger partial charge in [0, 0.05) is 42.9 Å².